The predicted molar refractivity (Wildman–Crippen MR) is 85.9 cm³/mol. The number of carbonyl (C=O) groups is 1. The SMILES string of the molecule is O=C(c1ccc(Cl)cc1)N1CCN(c2nnc3nncn3n2)CC1. The van der Waals surface area contributed by atoms with Crippen molar-refractivity contribution in [3.05, 3.63) is 41.2 Å². The van der Waals surface area contributed by atoms with Crippen molar-refractivity contribution in [1.29, 1.82) is 0 Å². The van der Waals surface area contributed by atoms with Crippen molar-refractivity contribution in [2.75, 3.05) is 31.1 Å². The summed E-state index contributed by atoms with van der Waals surface area (Å²) in [7, 11) is 0. The second-order valence-corrected chi connectivity index (χ2v) is 5.80. The topological polar surface area (TPSA) is 92.4 Å². The van der Waals surface area contributed by atoms with E-state index in [9.17, 15) is 4.79 Å². The van der Waals surface area contributed by atoms with Crippen molar-refractivity contribution in [1.82, 2.24) is 34.9 Å². The van der Waals surface area contributed by atoms with Gasteiger partial charge >= 0.3 is 0 Å². The molecule has 3 heterocycles. The first-order valence-corrected chi connectivity index (χ1v) is 7.79. The van der Waals surface area contributed by atoms with Gasteiger partial charge in [0.1, 0.15) is 6.33 Å². The van der Waals surface area contributed by atoms with E-state index in [1.165, 1.54) is 10.8 Å². The Morgan fingerprint density at radius 3 is 2.50 bits per heavy atom. The number of hydrogen-bond donors (Lipinski definition) is 0. The first-order chi connectivity index (χ1) is 11.7. The Morgan fingerprint density at radius 2 is 1.75 bits per heavy atom. The van der Waals surface area contributed by atoms with Gasteiger partial charge in [0.25, 0.3) is 17.6 Å². The third-order valence-corrected chi connectivity index (χ3v) is 4.13. The number of anilines is 1. The maximum absolute atomic E-state index is 12.5. The third-order valence-electron chi connectivity index (χ3n) is 3.88. The van der Waals surface area contributed by atoms with Crippen LogP contribution in [0, 0.1) is 0 Å². The highest BCUT2D eigenvalue weighted by atomic mass is 35.5. The summed E-state index contributed by atoms with van der Waals surface area (Å²) in [5.41, 5.74) is 0.636. The number of piperazine rings is 1. The van der Waals surface area contributed by atoms with Crippen molar-refractivity contribution < 1.29 is 4.79 Å². The third kappa shape index (κ3) is 2.73. The molecular weight excluding hydrogens is 332 g/mol. The van der Waals surface area contributed by atoms with Crippen molar-refractivity contribution >= 4 is 29.2 Å². The van der Waals surface area contributed by atoms with E-state index in [4.69, 9.17) is 11.6 Å². The van der Waals surface area contributed by atoms with E-state index < -0.39 is 0 Å². The van der Waals surface area contributed by atoms with E-state index in [0.717, 1.165) is 0 Å². The molecule has 0 saturated carbocycles. The lowest BCUT2D eigenvalue weighted by Gasteiger charge is -2.34. The van der Waals surface area contributed by atoms with Gasteiger partial charge in [0, 0.05) is 36.8 Å². The maximum atomic E-state index is 12.5. The van der Waals surface area contributed by atoms with E-state index in [0.29, 0.717) is 48.5 Å². The van der Waals surface area contributed by atoms with Crippen LogP contribution in [-0.2, 0) is 0 Å². The van der Waals surface area contributed by atoms with E-state index in [2.05, 4.69) is 25.5 Å². The standard InChI is InChI=1S/C14H13ClN8O/c15-11-3-1-10(2-4-11)12(24)21-5-7-22(8-6-21)14-19-18-13-17-16-9-23(13)20-14/h1-4,9H,5-8H2. The molecule has 24 heavy (non-hydrogen) atoms. The molecular formula is C14H13ClN8O. The Morgan fingerprint density at radius 1 is 1.00 bits per heavy atom. The van der Waals surface area contributed by atoms with Crippen LogP contribution in [0.3, 0.4) is 0 Å². The maximum Gasteiger partial charge on any atom is 0.290 e. The summed E-state index contributed by atoms with van der Waals surface area (Å²) in [5.74, 6) is 0.857. The van der Waals surface area contributed by atoms with E-state index in [-0.39, 0.29) is 5.91 Å². The number of nitrogens with zero attached hydrogens (tertiary/aromatic N) is 8. The Labute approximate surface area is 141 Å². The van der Waals surface area contributed by atoms with Crippen LogP contribution >= 0.6 is 11.6 Å². The Hall–Kier alpha value is -2.81. The van der Waals surface area contributed by atoms with E-state index in [1.807, 2.05) is 9.80 Å². The number of benzene rings is 1. The highest BCUT2D eigenvalue weighted by molar-refractivity contribution is 6.30. The zero-order valence-corrected chi connectivity index (χ0v) is 13.3. The monoisotopic (exact) mass is 344 g/mol. The van der Waals surface area contributed by atoms with Crippen molar-refractivity contribution in [2.45, 2.75) is 0 Å². The van der Waals surface area contributed by atoms with Gasteiger partial charge in [0.15, 0.2) is 0 Å². The number of aromatic nitrogens is 6. The molecule has 0 N–H and O–H groups in total. The van der Waals surface area contributed by atoms with Crippen molar-refractivity contribution in [2.24, 2.45) is 0 Å². The van der Waals surface area contributed by atoms with Crippen LogP contribution in [0.5, 0.6) is 0 Å². The van der Waals surface area contributed by atoms with Crippen molar-refractivity contribution in [3.8, 4) is 0 Å². The van der Waals surface area contributed by atoms with Crippen LogP contribution in [0.2, 0.25) is 5.02 Å². The minimum Gasteiger partial charge on any atom is -0.335 e. The zero-order valence-electron chi connectivity index (χ0n) is 12.6. The van der Waals surface area contributed by atoms with Crippen molar-refractivity contribution in [3.63, 3.8) is 0 Å². The van der Waals surface area contributed by atoms with Gasteiger partial charge in [-0.05, 0) is 24.3 Å². The molecule has 1 fully saturated rings. The molecule has 0 unspecified atom stereocenters. The lowest BCUT2D eigenvalue weighted by atomic mass is 10.2. The van der Waals surface area contributed by atoms with Gasteiger partial charge in [0.05, 0.1) is 0 Å². The summed E-state index contributed by atoms with van der Waals surface area (Å²) in [6.45, 7) is 2.44. The summed E-state index contributed by atoms with van der Waals surface area (Å²) in [6.07, 6.45) is 1.48. The lowest BCUT2D eigenvalue weighted by molar-refractivity contribution is 0.0746. The summed E-state index contributed by atoms with van der Waals surface area (Å²) in [5, 5.41) is 20.5. The molecule has 0 atom stereocenters. The molecule has 2 aromatic heterocycles. The van der Waals surface area contributed by atoms with Crippen LogP contribution in [0.15, 0.2) is 30.6 Å². The number of hydrogen-bond acceptors (Lipinski definition) is 7. The predicted octanol–water partition coefficient (Wildman–Crippen LogP) is 0.530. The number of carbonyl (C=O) groups excluding carboxylic acids is 1. The smallest absolute Gasteiger partial charge is 0.290 e. The van der Waals surface area contributed by atoms with Gasteiger partial charge in [-0.1, -0.05) is 11.6 Å². The Bertz CT molecular complexity index is 872. The minimum absolute atomic E-state index is 0.000350. The zero-order chi connectivity index (χ0) is 16.5. The van der Waals surface area contributed by atoms with Gasteiger partial charge in [-0.2, -0.15) is 4.52 Å². The van der Waals surface area contributed by atoms with Crippen LogP contribution in [0.1, 0.15) is 10.4 Å². The van der Waals surface area contributed by atoms with Crippen LogP contribution < -0.4 is 4.90 Å². The molecule has 0 aliphatic carbocycles. The van der Waals surface area contributed by atoms with Gasteiger partial charge in [-0.25, -0.2) is 0 Å². The minimum atomic E-state index is -0.000350. The number of rotatable bonds is 2. The first-order valence-electron chi connectivity index (χ1n) is 7.41. The van der Waals surface area contributed by atoms with Gasteiger partial charge in [0.2, 0.25) is 0 Å². The summed E-state index contributed by atoms with van der Waals surface area (Å²) >= 11 is 5.86. The second kappa shape index (κ2) is 6.00. The molecule has 0 bridgehead atoms. The Balaban J connectivity index is 1.44. The Kier molecular flexibility index (Phi) is 3.69. The quantitative estimate of drug-likeness (QED) is 0.669. The second-order valence-electron chi connectivity index (χ2n) is 5.36. The number of amides is 1. The fourth-order valence-corrected chi connectivity index (χ4v) is 2.70. The molecule has 122 valence electrons. The molecule has 1 amide bonds. The average Bonchev–Trinajstić information content (AvgIpc) is 3.09. The molecule has 1 aromatic carbocycles. The molecule has 0 radical (unpaired) electrons. The molecule has 10 heteroatoms. The molecule has 4 rings (SSSR count). The van der Waals surface area contributed by atoms with Crippen LogP contribution in [0.25, 0.3) is 5.78 Å². The summed E-state index contributed by atoms with van der Waals surface area (Å²) < 4.78 is 1.48. The number of fused-ring (bicyclic) bond motifs is 1. The summed E-state index contributed by atoms with van der Waals surface area (Å²) in [6, 6.07) is 6.92. The summed E-state index contributed by atoms with van der Waals surface area (Å²) in [4.78, 5) is 16.3. The lowest BCUT2D eigenvalue weighted by Crippen LogP contribution is -2.49. The fraction of sp³-hybridized carbons (Fsp3) is 0.286. The highest BCUT2D eigenvalue weighted by Gasteiger charge is 2.24. The first kappa shape index (κ1) is 14.8. The van der Waals surface area contributed by atoms with Gasteiger partial charge in [-0.3, -0.25) is 4.79 Å². The normalized spacial score (nSPS) is 15.0. The van der Waals surface area contributed by atoms with Gasteiger partial charge in [-0.15, -0.1) is 25.5 Å². The molecule has 0 spiro atoms. The van der Waals surface area contributed by atoms with Crippen LogP contribution in [-0.4, -0.2) is 67.0 Å². The largest absolute Gasteiger partial charge is 0.335 e. The van der Waals surface area contributed by atoms with E-state index >= 15 is 0 Å². The number of halogens is 1. The fourth-order valence-electron chi connectivity index (χ4n) is 2.58. The molecule has 1 saturated heterocycles. The molecule has 1 aliphatic rings. The molecule has 1 aliphatic heterocycles. The highest BCUT2D eigenvalue weighted by Crippen LogP contribution is 2.14. The molecule has 9 nitrogen and oxygen atoms in total. The van der Waals surface area contributed by atoms with Gasteiger partial charge < -0.3 is 9.80 Å². The van der Waals surface area contributed by atoms with E-state index in [1.54, 1.807) is 24.3 Å². The van der Waals surface area contributed by atoms with Crippen LogP contribution in [0.4, 0.5) is 5.95 Å². The average molecular weight is 345 g/mol. The molecule has 3 aromatic rings.